The highest BCUT2D eigenvalue weighted by molar-refractivity contribution is 6.12. The van der Waals surface area contributed by atoms with E-state index >= 15 is 0 Å². The molecule has 0 amide bonds. The third-order valence-electron chi connectivity index (χ3n) is 26.0. The van der Waals surface area contributed by atoms with Crippen LogP contribution in [0.4, 0.5) is 17.1 Å². The minimum absolute atomic E-state index is 0.633. The molecule has 27 rings (SSSR count). The average molecular weight is 1900 g/mol. The molecule has 0 unspecified atom stereocenters. The number of hydrogen-bond acceptors (Lipinski definition) is 13. The van der Waals surface area contributed by atoms with Crippen LogP contribution in [0.1, 0.15) is 0 Å². The highest BCUT2D eigenvalue weighted by Crippen LogP contribution is 2.42. The lowest BCUT2D eigenvalue weighted by Gasteiger charge is -2.25. The first kappa shape index (κ1) is 90.2. The molecule has 0 saturated heterocycles. The van der Waals surface area contributed by atoms with Crippen LogP contribution in [0.15, 0.2) is 546 Å². The van der Waals surface area contributed by atoms with E-state index in [1.54, 1.807) is 0 Å². The van der Waals surface area contributed by atoms with Gasteiger partial charge in [0, 0.05) is 133 Å². The number of hydrogen-bond donors (Lipinski definition) is 0. The van der Waals surface area contributed by atoms with Gasteiger partial charge in [-0.05, 0) is 109 Å². The van der Waals surface area contributed by atoms with E-state index in [-0.39, 0.29) is 0 Å². The summed E-state index contributed by atoms with van der Waals surface area (Å²) in [5, 5.41) is 7.26. The smallest absolute Gasteiger partial charge is 0.164 e. The van der Waals surface area contributed by atoms with E-state index in [2.05, 4.69) is 288 Å². The maximum absolute atomic E-state index is 5.01. The zero-order valence-electron chi connectivity index (χ0n) is 80.1. The van der Waals surface area contributed by atoms with Gasteiger partial charge in [0.15, 0.2) is 69.9 Å². The molecule has 0 fully saturated rings. The van der Waals surface area contributed by atoms with Gasteiger partial charge in [0.2, 0.25) is 0 Å². The Hall–Kier alpha value is -20.4. The van der Waals surface area contributed by atoms with Crippen molar-refractivity contribution in [3.63, 3.8) is 0 Å². The van der Waals surface area contributed by atoms with E-state index in [0.717, 1.165) is 117 Å². The first-order valence-corrected chi connectivity index (χ1v) is 49.2. The highest BCUT2D eigenvalue weighted by Gasteiger charge is 2.24. The summed E-state index contributed by atoms with van der Waals surface area (Å²) in [6.07, 6.45) is 0. The number of nitrogens with zero attached hydrogens (tertiary/aromatic N) is 16. The molecule has 7 aromatic heterocycles. The molecule has 7 heterocycles. The minimum Gasteiger partial charge on any atom is -0.311 e. The molecule has 698 valence electrons. The van der Waals surface area contributed by atoms with Gasteiger partial charge < -0.3 is 18.6 Å². The summed E-state index contributed by atoms with van der Waals surface area (Å²) in [6, 6.07) is 186. The summed E-state index contributed by atoms with van der Waals surface area (Å²) in [5.74, 6) is 7.91. The summed E-state index contributed by atoms with van der Waals surface area (Å²) in [4.78, 5) is 60.6. The van der Waals surface area contributed by atoms with Crippen molar-refractivity contribution >= 4 is 82.5 Å². The molecule has 0 radical (unpaired) electrons. The number of anilines is 3. The van der Waals surface area contributed by atoms with Crippen molar-refractivity contribution in [1.29, 1.82) is 0 Å². The molecule has 27 aromatic rings. The first-order chi connectivity index (χ1) is 73.4. The zero-order chi connectivity index (χ0) is 98.7. The van der Waals surface area contributed by atoms with Gasteiger partial charge in [0.05, 0.1) is 33.1 Å². The monoisotopic (exact) mass is 1900 g/mol. The molecule has 0 aliphatic heterocycles. The lowest BCUT2D eigenvalue weighted by Crippen LogP contribution is -2.09. The van der Waals surface area contributed by atoms with Gasteiger partial charge in [-0.15, -0.1) is 0 Å². The van der Waals surface area contributed by atoms with E-state index in [4.69, 9.17) is 44.9 Å². The van der Waals surface area contributed by atoms with Crippen molar-refractivity contribution in [3.05, 3.63) is 546 Å². The zero-order valence-corrected chi connectivity index (χ0v) is 80.1. The number of rotatable bonds is 18. The quantitative estimate of drug-likeness (QED) is 0.0795. The fraction of sp³-hybridized carbons (Fsp3) is 0. The SMILES string of the molecule is c1ccc(-c2nc(-c3ccccc3)nc(-c3ccc4c5ccccc5n(-c5ccc(N(c6ccccc6)c6ccccc6)cc5)c4c3)n2)cc1.c1ccc(-c2nc(-c3ccccc3)nc(-c3ccc4c5ccccc5n(-c5ccccc5)c4c3)n2)cc1.c1ccc(-c2nc(-c3ccccc3)nc(-c3cccc(-n4c5ccccc5c5ccccc54)c3)n2)cc1.c1ccc(-c2nc(-c3ccccc3)nc(-c3ccccc3)n2)cc1. The Kier molecular flexibility index (Phi) is 25.3. The van der Waals surface area contributed by atoms with Crippen LogP contribution >= 0.6 is 0 Å². The standard InChI is InChI=1S/C45H31N5.2C33H22N4.C21H15N3/c1-5-15-32(16-6-1)43-46-44(33-17-7-2-8-18-33)48-45(47-43)34-25-30-40-39-23-13-14-24-41(39)50(42(40)31-34)38-28-26-37(27-29-38)49(35-19-9-3-10-20-35)36-21-11-4-12-22-36;1-4-12-23(13-5-1)31-34-32(24-14-6-2-7-15-24)36-33(35-31)25-20-21-28-27-18-10-11-19-29(27)37(30(28)22-25)26-16-8-3-9-17-26;1-3-12-23(13-4-1)31-34-32(24-14-5-2-6-15-24)36-33(35-31)25-16-11-17-26(22-25)37-29-20-9-7-18-27(29)28-19-8-10-21-30(28)37;1-4-10-16(11-5-1)19-22-20(17-12-6-2-7-13-17)24-21(23-19)18-14-8-3-9-15-18/h1-31H;2*1-22H;1-15H. The fourth-order valence-electron chi connectivity index (χ4n) is 19.0. The molecule has 0 bridgehead atoms. The third-order valence-corrected chi connectivity index (χ3v) is 26.0. The van der Waals surface area contributed by atoms with Crippen molar-refractivity contribution in [2.75, 3.05) is 4.90 Å². The summed E-state index contributed by atoms with van der Waals surface area (Å²) in [6.45, 7) is 0. The van der Waals surface area contributed by atoms with Crippen molar-refractivity contribution in [2.45, 2.75) is 0 Å². The second kappa shape index (κ2) is 41.4. The van der Waals surface area contributed by atoms with E-state index in [1.165, 1.54) is 48.9 Å². The number of para-hydroxylation sites is 7. The molecule has 148 heavy (non-hydrogen) atoms. The van der Waals surface area contributed by atoms with Crippen molar-refractivity contribution < 1.29 is 0 Å². The second-order valence-electron chi connectivity index (χ2n) is 35.5. The Morgan fingerprint density at radius 1 is 0.115 bits per heavy atom. The minimum atomic E-state index is 0.633. The van der Waals surface area contributed by atoms with Crippen LogP contribution in [0, 0.1) is 0 Å². The molecule has 0 aliphatic carbocycles. The van der Waals surface area contributed by atoms with Gasteiger partial charge in [0.1, 0.15) is 0 Å². The van der Waals surface area contributed by atoms with Gasteiger partial charge in [-0.3, -0.25) is 0 Å². The molecule has 0 spiro atoms. The normalized spacial score (nSPS) is 11.1. The molecule has 20 aromatic carbocycles. The predicted octanol–water partition coefficient (Wildman–Crippen LogP) is 32.3. The second-order valence-corrected chi connectivity index (χ2v) is 35.5. The molecule has 16 heteroatoms. The maximum atomic E-state index is 5.01. The van der Waals surface area contributed by atoms with Gasteiger partial charge in [-0.1, -0.05) is 437 Å². The average Bonchev–Trinajstić information content (AvgIpc) is 1.58. The molecular weight excluding hydrogens is 1810 g/mol. The van der Waals surface area contributed by atoms with E-state index in [1.807, 2.05) is 291 Å². The van der Waals surface area contributed by atoms with Crippen LogP contribution in [-0.4, -0.2) is 73.5 Å². The van der Waals surface area contributed by atoms with Gasteiger partial charge >= 0.3 is 0 Å². The molecule has 0 atom stereocenters. The predicted molar refractivity (Wildman–Crippen MR) is 602 cm³/mol. The Morgan fingerprint density at radius 2 is 0.291 bits per heavy atom. The van der Waals surface area contributed by atoms with Crippen molar-refractivity contribution in [1.82, 2.24) is 73.5 Å². The lowest BCUT2D eigenvalue weighted by molar-refractivity contribution is 1.07. The fourth-order valence-corrected chi connectivity index (χ4v) is 19.0. The molecule has 0 saturated carbocycles. The van der Waals surface area contributed by atoms with E-state index in [9.17, 15) is 0 Å². The maximum Gasteiger partial charge on any atom is 0.164 e. The topological polar surface area (TPSA) is 173 Å². The summed E-state index contributed by atoms with van der Waals surface area (Å²) in [7, 11) is 0. The number of benzene rings is 20. The van der Waals surface area contributed by atoms with Crippen LogP contribution in [0.5, 0.6) is 0 Å². The van der Waals surface area contributed by atoms with Gasteiger partial charge in [0.25, 0.3) is 0 Å². The Bertz CT molecular complexity index is 8940. The molecular formula is C132H90N16. The molecule has 16 nitrogen and oxygen atoms in total. The lowest BCUT2D eigenvalue weighted by atomic mass is 10.1. The summed E-state index contributed by atoms with van der Waals surface area (Å²) < 4.78 is 6.96. The first-order valence-electron chi connectivity index (χ1n) is 49.2. The van der Waals surface area contributed by atoms with Gasteiger partial charge in [-0.2, -0.15) is 0 Å². The largest absolute Gasteiger partial charge is 0.311 e. The van der Waals surface area contributed by atoms with Crippen LogP contribution in [0.25, 0.3) is 219 Å². The summed E-state index contributed by atoms with van der Waals surface area (Å²) in [5.41, 5.74) is 24.9. The van der Waals surface area contributed by atoms with Crippen molar-refractivity contribution in [2.24, 2.45) is 0 Å². The van der Waals surface area contributed by atoms with E-state index in [0.29, 0.717) is 69.9 Å². The van der Waals surface area contributed by atoms with Crippen LogP contribution in [0.2, 0.25) is 0 Å². The molecule has 0 N–H and O–H groups in total. The van der Waals surface area contributed by atoms with Crippen LogP contribution in [-0.2, 0) is 0 Å². The highest BCUT2D eigenvalue weighted by atomic mass is 15.1. The van der Waals surface area contributed by atoms with Crippen LogP contribution < -0.4 is 4.90 Å². The Labute approximate surface area is 854 Å². The summed E-state index contributed by atoms with van der Waals surface area (Å²) >= 11 is 0. The number of fused-ring (bicyclic) bond motifs is 9. The van der Waals surface area contributed by atoms with E-state index < -0.39 is 0 Å². The Balaban J connectivity index is 0.000000108. The Morgan fingerprint density at radius 3 is 0.547 bits per heavy atom. The van der Waals surface area contributed by atoms with Crippen LogP contribution in [0.3, 0.4) is 0 Å². The third kappa shape index (κ3) is 18.9. The molecule has 0 aliphatic rings. The number of aromatic nitrogens is 15. The van der Waals surface area contributed by atoms with Crippen molar-refractivity contribution in [3.8, 4) is 154 Å². The van der Waals surface area contributed by atoms with Gasteiger partial charge in [-0.25, -0.2) is 59.8 Å².